The molecule has 0 aliphatic carbocycles. The van der Waals surface area contributed by atoms with E-state index in [9.17, 15) is 0 Å². The van der Waals surface area contributed by atoms with Crippen LogP contribution in [0.25, 0.3) is 31.7 Å². The Hall–Kier alpha value is -1.99. The Morgan fingerprint density at radius 3 is 2.79 bits per heavy atom. The lowest BCUT2D eigenvalue weighted by Gasteiger charge is -2.26. The van der Waals surface area contributed by atoms with Crippen LogP contribution in [0.3, 0.4) is 0 Å². The third kappa shape index (κ3) is 3.90. The minimum atomic E-state index is 0. The summed E-state index contributed by atoms with van der Waals surface area (Å²) >= 11 is 1.85. The Bertz CT molecular complexity index is 1150. The van der Waals surface area contributed by atoms with Crippen molar-refractivity contribution in [3.05, 3.63) is 47.4 Å². The van der Waals surface area contributed by atoms with Crippen LogP contribution in [0.2, 0.25) is 0 Å². The summed E-state index contributed by atoms with van der Waals surface area (Å²) in [5.74, 6) is 1.45. The number of piperidine rings is 1. The zero-order valence-electron chi connectivity index (χ0n) is 16.9. The van der Waals surface area contributed by atoms with E-state index in [1.807, 2.05) is 17.5 Å². The van der Waals surface area contributed by atoms with Gasteiger partial charge in [-0.2, -0.15) is 0 Å². The highest BCUT2D eigenvalue weighted by atomic mass is 35.5. The van der Waals surface area contributed by atoms with Crippen LogP contribution >= 0.6 is 23.7 Å². The summed E-state index contributed by atoms with van der Waals surface area (Å²) in [6, 6.07) is 9.42. The molecule has 29 heavy (non-hydrogen) atoms. The minimum absolute atomic E-state index is 0. The second kappa shape index (κ2) is 8.40. The molecule has 2 unspecified atom stereocenters. The molecule has 4 N–H and O–H groups in total. The van der Waals surface area contributed by atoms with Crippen molar-refractivity contribution in [3.63, 3.8) is 0 Å². The fourth-order valence-corrected chi connectivity index (χ4v) is 5.37. The molecule has 2 atom stereocenters. The topological polar surface area (TPSA) is 85.1 Å². The molecule has 4 heterocycles. The number of hydrogen-bond donors (Lipinski definition) is 2. The highest BCUT2D eigenvalue weighted by Gasteiger charge is 2.23. The quantitative estimate of drug-likeness (QED) is 0.473. The van der Waals surface area contributed by atoms with E-state index in [1.165, 1.54) is 26.1 Å². The maximum atomic E-state index is 4.91. The van der Waals surface area contributed by atoms with Gasteiger partial charge in [-0.15, -0.1) is 23.7 Å². The Kier molecular flexibility index (Phi) is 6.29. The number of fused-ring (bicyclic) bond motifs is 2. The Morgan fingerprint density at radius 1 is 1.17 bits per heavy atom. The fraction of sp³-hybridized carbons (Fsp3) is 0.364. The van der Waals surface area contributed by atoms with E-state index in [0.717, 1.165) is 41.9 Å². The third-order valence-corrected chi connectivity index (χ3v) is 7.02. The minimum Gasteiger partial charge on any atom is -0.412 e. The van der Waals surface area contributed by atoms with Gasteiger partial charge < -0.3 is 15.8 Å². The summed E-state index contributed by atoms with van der Waals surface area (Å²) in [6.45, 7) is 7.65. The van der Waals surface area contributed by atoms with E-state index in [2.05, 4.69) is 60.3 Å². The normalized spacial score (nSPS) is 19.1. The van der Waals surface area contributed by atoms with Gasteiger partial charge in [0.25, 0.3) is 0 Å². The molecule has 0 saturated carbocycles. The summed E-state index contributed by atoms with van der Waals surface area (Å²) in [5.41, 5.74) is 5.83. The number of H-pyrrole nitrogens is 1. The van der Waals surface area contributed by atoms with E-state index < -0.39 is 0 Å². The number of nitrogens with zero attached hydrogens (tertiary/aromatic N) is 2. The molecule has 4 aromatic rings. The molecule has 1 aromatic carbocycles. The van der Waals surface area contributed by atoms with Gasteiger partial charge in [0.05, 0.1) is 27.8 Å². The molecule has 7 heteroatoms. The van der Waals surface area contributed by atoms with Crippen molar-refractivity contribution in [2.24, 2.45) is 0 Å². The van der Waals surface area contributed by atoms with Crippen molar-refractivity contribution in [2.75, 3.05) is 6.54 Å². The zero-order chi connectivity index (χ0) is 18.5. The second-order valence-corrected chi connectivity index (χ2v) is 8.89. The number of aryl methyl sites for hydroxylation is 2. The largest absolute Gasteiger partial charge is 0.412 e. The molecular weight excluding hydrogens is 404 g/mol. The summed E-state index contributed by atoms with van der Waals surface area (Å²) in [6.07, 6.45) is 4.18. The summed E-state index contributed by atoms with van der Waals surface area (Å²) in [7, 11) is 0. The number of nitrogens with one attached hydrogen (secondary N) is 2. The predicted octanol–water partition coefficient (Wildman–Crippen LogP) is 4.91. The SMILES string of the molecule is Cc1ccc2sc(-c3cc4nc(C5CCNC(C)C5)ncc4[nH]3)c(C)c2c1.Cl.O. The van der Waals surface area contributed by atoms with Gasteiger partial charge in [-0.05, 0) is 63.2 Å². The van der Waals surface area contributed by atoms with E-state index >= 15 is 0 Å². The van der Waals surface area contributed by atoms with Crippen molar-refractivity contribution in [3.8, 4) is 10.6 Å². The number of benzene rings is 1. The summed E-state index contributed by atoms with van der Waals surface area (Å²) in [4.78, 5) is 14.4. The first-order valence-electron chi connectivity index (χ1n) is 9.67. The van der Waals surface area contributed by atoms with Gasteiger partial charge in [-0.3, -0.25) is 0 Å². The lowest BCUT2D eigenvalue weighted by Crippen LogP contribution is -2.35. The van der Waals surface area contributed by atoms with Crippen LogP contribution < -0.4 is 5.32 Å². The highest BCUT2D eigenvalue weighted by Crippen LogP contribution is 2.39. The molecule has 0 amide bonds. The van der Waals surface area contributed by atoms with Gasteiger partial charge in [0.1, 0.15) is 5.82 Å². The van der Waals surface area contributed by atoms with Crippen LogP contribution in [-0.2, 0) is 0 Å². The number of hydrogen-bond acceptors (Lipinski definition) is 4. The maximum Gasteiger partial charge on any atom is 0.132 e. The van der Waals surface area contributed by atoms with Crippen molar-refractivity contribution in [1.29, 1.82) is 0 Å². The third-order valence-electron chi connectivity index (χ3n) is 5.71. The number of aromatic nitrogens is 3. The van der Waals surface area contributed by atoms with Crippen molar-refractivity contribution < 1.29 is 5.48 Å². The molecule has 5 nitrogen and oxygen atoms in total. The van der Waals surface area contributed by atoms with Gasteiger partial charge in [-0.25, -0.2) is 9.97 Å². The van der Waals surface area contributed by atoms with Crippen LogP contribution in [0, 0.1) is 13.8 Å². The van der Waals surface area contributed by atoms with Crippen LogP contribution in [0.5, 0.6) is 0 Å². The Labute approximate surface area is 180 Å². The fourth-order valence-electron chi connectivity index (χ4n) is 4.21. The van der Waals surface area contributed by atoms with Gasteiger partial charge in [0.15, 0.2) is 0 Å². The first-order valence-corrected chi connectivity index (χ1v) is 10.5. The standard InChI is InChI=1S/C22H24N4S.ClH.H2O/c1-12-4-5-20-16(8-12)14(3)21(27-20)18-10-17-19(25-18)11-24-22(26-17)15-6-7-23-13(2)9-15;;/h4-5,8,10-11,13,15,23,25H,6-7,9H2,1-3H3;1H;1H2. The molecule has 1 aliphatic rings. The molecule has 1 aliphatic heterocycles. The predicted molar refractivity (Wildman–Crippen MR) is 124 cm³/mol. The summed E-state index contributed by atoms with van der Waals surface area (Å²) in [5, 5.41) is 4.86. The van der Waals surface area contributed by atoms with Crippen LogP contribution in [0.1, 0.15) is 42.6 Å². The Morgan fingerprint density at radius 2 is 2.00 bits per heavy atom. The Balaban J connectivity index is 0.00000120. The molecule has 5 rings (SSSR count). The molecule has 3 aromatic heterocycles. The molecule has 0 radical (unpaired) electrons. The number of thiophene rings is 1. The van der Waals surface area contributed by atoms with E-state index in [4.69, 9.17) is 4.98 Å². The van der Waals surface area contributed by atoms with E-state index in [1.54, 1.807) is 0 Å². The summed E-state index contributed by atoms with van der Waals surface area (Å²) < 4.78 is 1.34. The smallest absolute Gasteiger partial charge is 0.132 e. The van der Waals surface area contributed by atoms with Crippen LogP contribution in [0.15, 0.2) is 30.5 Å². The molecule has 154 valence electrons. The average molecular weight is 431 g/mol. The first kappa shape index (κ1) is 21.7. The molecule has 1 saturated heterocycles. The number of rotatable bonds is 2. The van der Waals surface area contributed by atoms with Crippen LogP contribution in [0.4, 0.5) is 0 Å². The lowest BCUT2D eigenvalue weighted by molar-refractivity contribution is 0.371. The first-order chi connectivity index (χ1) is 13.1. The van der Waals surface area contributed by atoms with E-state index in [0.29, 0.717) is 12.0 Å². The number of halogens is 1. The van der Waals surface area contributed by atoms with Crippen LogP contribution in [-0.4, -0.2) is 33.0 Å². The lowest BCUT2D eigenvalue weighted by atomic mass is 9.92. The van der Waals surface area contributed by atoms with E-state index in [-0.39, 0.29) is 17.9 Å². The maximum absolute atomic E-state index is 4.91. The van der Waals surface area contributed by atoms with Gasteiger partial charge in [-0.1, -0.05) is 17.7 Å². The average Bonchev–Trinajstić information content (AvgIpc) is 3.22. The zero-order valence-corrected chi connectivity index (χ0v) is 18.5. The van der Waals surface area contributed by atoms with Gasteiger partial charge in [0.2, 0.25) is 0 Å². The highest BCUT2D eigenvalue weighted by molar-refractivity contribution is 7.22. The van der Waals surface area contributed by atoms with Crippen molar-refractivity contribution in [1.82, 2.24) is 20.3 Å². The second-order valence-electron chi connectivity index (χ2n) is 7.84. The monoisotopic (exact) mass is 430 g/mol. The molecule has 0 spiro atoms. The van der Waals surface area contributed by atoms with Crippen molar-refractivity contribution >= 4 is 44.9 Å². The molecular formula is C22H27ClN4OS. The number of aromatic amines is 1. The van der Waals surface area contributed by atoms with Crippen molar-refractivity contribution in [2.45, 2.75) is 45.6 Å². The van der Waals surface area contributed by atoms with Gasteiger partial charge >= 0.3 is 0 Å². The molecule has 0 bridgehead atoms. The van der Waals surface area contributed by atoms with Gasteiger partial charge in [0, 0.05) is 16.7 Å². The molecule has 1 fully saturated rings.